The Bertz CT molecular complexity index is 1010. The number of aromatic nitrogens is 1. The van der Waals surface area contributed by atoms with Gasteiger partial charge in [0.2, 0.25) is 0 Å². The maximum Gasteiger partial charge on any atom is 0.253 e. The van der Waals surface area contributed by atoms with Crippen LogP contribution in [0.1, 0.15) is 22.5 Å². The van der Waals surface area contributed by atoms with E-state index in [0.29, 0.717) is 12.1 Å². The zero-order chi connectivity index (χ0) is 21.6. The van der Waals surface area contributed by atoms with E-state index in [9.17, 15) is 9.18 Å². The molecular formula is C25H29FN3O2+. The van der Waals surface area contributed by atoms with Gasteiger partial charge in [0.15, 0.2) is 0 Å². The summed E-state index contributed by atoms with van der Waals surface area (Å²) in [5, 5.41) is 3.08. The zero-order valence-corrected chi connectivity index (χ0v) is 17.9. The van der Waals surface area contributed by atoms with Crippen molar-refractivity contribution in [1.29, 1.82) is 0 Å². The minimum atomic E-state index is -0.282. The molecule has 162 valence electrons. The number of carbonyl (C=O) groups is 1. The van der Waals surface area contributed by atoms with Crippen LogP contribution in [0.3, 0.4) is 0 Å². The fourth-order valence-corrected chi connectivity index (χ4v) is 4.13. The topological polar surface area (TPSA) is 47.7 Å². The normalized spacial score (nSPS) is 14.5. The Kier molecular flexibility index (Phi) is 6.79. The molecule has 6 heteroatoms. The van der Waals surface area contributed by atoms with E-state index in [0.717, 1.165) is 61.9 Å². The highest BCUT2D eigenvalue weighted by molar-refractivity contribution is 5.97. The number of amides is 1. The molecule has 0 saturated carbocycles. The van der Waals surface area contributed by atoms with E-state index in [1.807, 2.05) is 47.9 Å². The Morgan fingerprint density at radius 1 is 1.10 bits per heavy atom. The number of ether oxygens (including phenoxy) is 1. The summed E-state index contributed by atoms with van der Waals surface area (Å²) in [4.78, 5) is 14.5. The molecule has 0 atom stereocenters. The van der Waals surface area contributed by atoms with Crippen LogP contribution in [0.4, 0.5) is 4.39 Å². The first-order chi connectivity index (χ1) is 15.1. The molecule has 1 aromatic heterocycles. The molecule has 2 heterocycles. The maximum absolute atomic E-state index is 13.5. The van der Waals surface area contributed by atoms with Crippen LogP contribution in [0.15, 0.2) is 60.7 Å². The van der Waals surface area contributed by atoms with Gasteiger partial charge in [-0.15, -0.1) is 0 Å². The molecule has 3 aromatic rings. The molecule has 2 N–H and O–H groups in total. The molecule has 0 radical (unpaired) electrons. The second-order valence-corrected chi connectivity index (χ2v) is 7.93. The zero-order valence-electron chi connectivity index (χ0n) is 17.9. The molecular weight excluding hydrogens is 393 g/mol. The Morgan fingerprint density at radius 3 is 2.52 bits per heavy atom. The Morgan fingerprint density at radius 2 is 1.81 bits per heavy atom. The smallest absolute Gasteiger partial charge is 0.253 e. The van der Waals surface area contributed by atoms with Gasteiger partial charge in [0, 0.05) is 24.3 Å². The molecule has 4 rings (SSSR count). The molecule has 0 spiro atoms. The van der Waals surface area contributed by atoms with Crippen LogP contribution in [0.5, 0.6) is 0 Å². The van der Waals surface area contributed by atoms with Crippen LogP contribution in [0, 0.1) is 12.7 Å². The quantitative estimate of drug-likeness (QED) is 0.575. The maximum atomic E-state index is 13.5. The second kappa shape index (κ2) is 9.90. The Balaban J connectivity index is 1.53. The van der Waals surface area contributed by atoms with Gasteiger partial charge in [0.25, 0.3) is 5.91 Å². The minimum absolute atomic E-state index is 0.0764. The highest BCUT2D eigenvalue weighted by Crippen LogP contribution is 2.29. The van der Waals surface area contributed by atoms with Gasteiger partial charge in [0.1, 0.15) is 18.9 Å². The van der Waals surface area contributed by atoms with Crippen molar-refractivity contribution in [2.45, 2.75) is 13.3 Å². The number of halogens is 1. The van der Waals surface area contributed by atoms with Crippen LogP contribution < -0.4 is 10.2 Å². The Labute approximate surface area is 182 Å². The van der Waals surface area contributed by atoms with Gasteiger partial charge < -0.3 is 19.5 Å². The third-order valence-corrected chi connectivity index (χ3v) is 5.84. The van der Waals surface area contributed by atoms with Gasteiger partial charge in [-0.25, -0.2) is 4.39 Å². The summed E-state index contributed by atoms with van der Waals surface area (Å²) < 4.78 is 20.9. The van der Waals surface area contributed by atoms with Crippen molar-refractivity contribution in [3.63, 3.8) is 0 Å². The van der Waals surface area contributed by atoms with Crippen LogP contribution in [0.25, 0.3) is 16.9 Å². The third-order valence-electron chi connectivity index (χ3n) is 5.84. The fraction of sp³-hybridized carbons (Fsp3) is 0.320. The van der Waals surface area contributed by atoms with Gasteiger partial charge >= 0.3 is 0 Å². The third kappa shape index (κ3) is 5.03. The van der Waals surface area contributed by atoms with E-state index in [1.165, 1.54) is 17.0 Å². The molecule has 1 aliphatic rings. The van der Waals surface area contributed by atoms with E-state index in [4.69, 9.17) is 4.74 Å². The van der Waals surface area contributed by atoms with Gasteiger partial charge in [-0.2, -0.15) is 0 Å². The summed E-state index contributed by atoms with van der Waals surface area (Å²) in [5.41, 5.74) is 4.22. The van der Waals surface area contributed by atoms with Gasteiger partial charge in [0.05, 0.1) is 31.0 Å². The van der Waals surface area contributed by atoms with Gasteiger partial charge in [-0.3, -0.25) is 4.79 Å². The standard InChI is InChI=1S/C25H28FN3O2/c1-19-23(25(30)27-12-5-13-28-14-16-31-17-15-28)18-24(20-6-3-2-4-7-20)29(19)22-10-8-21(26)9-11-22/h2-4,6-11,18H,5,12-17H2,1H3,(H,27,30)/p+1. The molecule has 0 bridgehead atoms. The summed E-state index contributed by atoms with van der Waals surface area (Å²) >= 11 is 0. The van der Waals surface area contributed by atoms with Crippen LogP contribution >= 0.6 is 0 Å². The average molecular weight is 423 g/mol. The molecule has 0 unspecified atom stereocenters. The fourth-order valence-electron chi connectivity index (χ4n) is 4.13. The van der Waals surface area contributed by atoms with Crippen LogP contribution in [-0.4, -0.2) is 49.9 Å². The SMILES string of the molecule is Cc1c(C(=O)NCCC[NH+]2CCOCC2)cc(-c2ccccc2)n1-c1ccc(F)cc1. The number of quaternary nitrogens is 1. The summed E-state index contributed by atoms with van der Waals surface area (Å²) in [6.07, 6.45) is 0.935. The van der Waals surface area contributed by atoms with Crippen molar-refractivity contribution in [1.82, 2.24) is 9.88 Å². The summed E-state index contributed by atoms with van der Waals surface area (Å²) in [6.45, 7) is 7.32. The largest absolute Gasteiger partial charge is 0.370 e. The second-order valence-electron chi connectivity index (χ2n) is 7.93. The van der Waals surface area contributed by atoms with Crippen molar-refractivity contribution >= 4 is 5.91 Å². The van der Waals surface area contributed by atoms with Crippen molar-refractivity contribution in [3.05, 3.63) is 77.7 Å². The predicted octanol–water partition coefficient (Wildman–Crippen LogP) is 2.63. The monoisotopic (exact) mass is 422 g/mol. The molecule has 31 heavy (non-hydrogen) atoms. The van der Waals surface area contributed by atoms with E-state index >= 15 is 0 Å². The number of morpholine rings is 1. The van der Waals surface area contributed by atoms with E-state index in [2.05, 4.69) is 5.32 Å². The molecule has 1 saturated heterocycles. The van der Waals surface area contributed by atoms with Crippen molar-refractivity contribution in [3.8, 4) is 16.9 Å². The molecule has 1 amide bonds. The highest BCUT2D eigenvalue weighted by atomic mass is 19.1. The summed E-state index contributed by atoms with van der Waals surface area (Å²) in [5.74, 6) is -0.359. The Hall–Kier alpha value is -2.96. The number of rotatable bonds is 7. The van der Waals surface area contributed by atoms with Crippen LogP contribution in [-0.2, 0) is 4.74 Å². The molecule has 2 aromatic carbocycles. The summed E-state index contributed by atoms with van der Waals surface area (Å²) in [7, 11) is 0. The average Bonchev–Trinajstić information content (AvgIpc) is 3.15. The number of nitrogens with one attached hydrogen (secondary N) is 2. The first-order valence-corrected chi connectivity index (χ1v) is 10.9. The van der Waals surface area contributed by atoms with Crippen molar-refractivity contribution < 1.29 is 18.8 Å². The van der Waals surface area contributed by atoms with Gasteiger partial charge in [-0.05, 0) is 42.8 Å². The van der Waals surface area contributed by atoms with E-state index < -0.39 is 0 Å². The lowest BCUT2D eigenvalue weighted by molar-refractivity contribution is -0.908. The van der Waals surface area contributed by atoms with Crippen LogP contribution in [0.2, 0.25) is 0 Å². The first kappa shape index (κ1) is 21.3. The van der Waals surface area contributed by atoms with E-state index in [1.54, 1.807) is 12.1 Å². The summed E-state index contributed by atoms with van der Waals surface area (Å²) in [6, 6.07) is 18.2. The first-order valence-electron chi connectivity index (χ1n) is 10.9. The number of benzene rings is 2. The molecule has 0 aliphatic carbocycles. The van der Waals surface area contributed by atoms with Crippen molar-refractivity contribution in [2.24, 2.45) is 0 Å². The number of hydrogen-bond donors (Lipinski definition) is 2. The van der Waals surface area contributed by atoms with Gasteiger partial charge in [-0.1, -0.05) is 30.3 Å². The lowest BCUT2D eigenvalue weighted by atomic mass is 10.1. The molecule has 5 nitrogen and oxygen atoms in total. The lowest BCUT2D eigenvalue weighted by Crippen LogP contribution is -3.14. The minimum Gasteiger partial charge on any atom is -0.370 e. The number of carbonyl (C=O) groups excluding carboxylic acids is 1. The lowest BCUT2D eigenvalue weighted by Gasteiger charge is -2.23. The predicted molar refractivity (Wildman–Crippen MR) is 119 cm³/mol. The number of hydrogen-bond acceptors (Lipinski definition) is 2. The highest BCUT2D eigenvalue weighted by Gasteiger charge is 2.20. The van der Waals surface area contributed by atoms with Crippen molar-refractivity contribution in [2.75, 3.05) is 39.4 Å². The molecule has 1 fully saturated rings. The van der Waals surface area contributed by atoms with E-state index in [-0.39, 0.29) is 11.7 Å². The number of nitrogens with zero attached hydrogens (tertiary/aromatic N) is 1. The molecule has 1 aliphatic heterocycles.